The first-order chi connectivity index (χ1) is 8.17. The molecule has 0 saturated carbocycles. The van der Waals surface area contributed by atoms with Crippen LogP contribution in [-0.4, -0.2) is 47.6 Å². The summed E-state index contributed by atoms with van der Waals surface area (Å²) in [5, 5.41) is 10.3. The Balaban J connectivity index is 1.92. The van der Waals surface area contributed by atoms with Crippen LogP contribution in [0.2, 0.25) is 0 Å². The van der Waals surface area contributed by atoms with Crippen molar-refractivity contribution in [2.75, 3.05) is 24.7 Å². The molecule has 17 heavy (non-hydrogen) atoms. The molecule has 4 heteroatoms. The minimum atomic E-state index is -0.346. The lowest BCUT2D eigenvalue weighted by molar-refractivity contribution is -0.125. The molecule has 4 atom stereocenters. The lowest BCUT2D eigenvalue weighted by Crippen LogP contribution is -2.46. The van der Waals surface area contributed by atoms with Crippen LogP contribution in [0.4, 0.5) is 0 Å². The van der Waals surface area contributed by atoms with Gasteiger partial charge in [0.1, 0.15) is 0 Å². The molecule has 3 nitrogen and oxygen atoms in total. The van der Waals surface area contributed by atoms with E-state index in [-0.39, 0.29) is 17.8 Å². The quantitative estimate of drug-likeness (QED) is 0.840. The Morgan fingerprint density at radius 2 is 2.41 bits per heavy atom. The van der Waals surface area contributed by atoms with Gasteiger partial charge in [-0.25, -0.2) is 0 Å². The fourth-order valence-corrected chi connectivity index (χ4v) is 4.34. The maximum Gasteiger partial charge on any atom is 0.0829 e. The van der Waals surface area contributed by atoms with E-state index in [2.05, 4.69) is 0 Å². The number of aliphatic hydroxyl groups is 1. The Labute approximate surface area is 108 Å². The molecular weight excluding hydrogens is 236 g/mol. The van der Waals surface area contributed by atoms with Crippen molar-refractivity contribution in [2.24, 2.45) is 5.92 Å². The molecule has 2 rings (SSSR count). The standard InChI is InChI=1S/C13H24O3S/c1-3-15-10(2)12(14)11-4-6-16-13(8-11)5-7-17-9-13/h10-12,14H,3-9H2,1-2H3. The van der Waals surface area contributed by atoms with Crippen molar-refractivity contribution >= 4 is 11.8 Å². The highest BCUT2D eigenvalue weighted by Crippen LogP contribution is 2.41. The SMILES string of the molecule is CCOC(C)C(O)C1CCOC2(CCSC2)C1. The second-order valence-corrected chi connectivity index (χ2v) is 6.34. The van der Waals surface area contributed by atoms with Gasteiger partial charge in [-0.05, 0) is 44.8 Å². The normalized spacial score (nSPS) is 37.2. The first-order valence-corrected chi connectivity index (χ1v) is 7.84. The van der Waals surface area contributed by atoms with Crippen molar-refractivity contribution in [1.29, 1.82) is 0 Å². The van der Waals surface area contributed by atoms with Crippen LogP contribution in [0.25, 0.3) is 0 Å². The predicted molar refractivity (Wildman–Crippen MR) is 70.4 cm³/mol. The number of rotatable bonds is 4. The third-order valence-corrected chi connectivity index (χ3v) is 5.21. The van der Waals surface area contributed by atoms with Gasteiger partial charge in [-0.3, -0.25) is 0 Å². The molecule has 2 heterocycles. The van der Waals surface area contributed by atoms with E-state index in [0.29, 0.717) is 12.5 Å². The molecule has 2 aliphatic rings. The van der Waals surface area contributed by atoms with Crippen molar-refractivity contribution in [3.63, 3.8) is 0 Å². The number of hydrogen-bond donors (Lipinski definition) is 1. The molecule has 0 aliphatic carbocycles. The highest BCUT2D eigenvalue weighted by atomic mass is 32.2. The first-order valence-electron chi connectivity index (χ1n) is 6.68. The summed E-state index contributed by atoms with van der Waals surface area (Å²) in [6.45, 7) is 5.41. The Morgan fingerprint density at radius 3 is 3.06 bits per heavy atom. The van der Waals surface area contributed by atoms with Gasteiger partial charge >= 0.3 is 0 Å². The summed E-state index contributed by atoms with van der Waals surface area (Å²) in [4.78, 5) is 0. The average Bonchev–Trinajstić information content (AvgIpc) is 2.76. The summed E-state index contributed by atoms with van der Waals surface area (Å²) in [6.07, 6.45) is 2.70. The molecule has 0 radical (unpaired) electrons. The third kappa shape index (κ3) is 3.16. The van der Waals surface area contributed by atoms with Crippen LogP contribution in [0.5, 0.6) is 0 Å². The number of aliphatic hydroxyl groups excluding tert-OH is 1. The van der Waals surface area contributed by atoms with Crippen LogP contribution < -0.4 is 0 Å². The molecule has 1 N–H and O–H groups in total. The zero-order valence-electron chi connectivity index (χ0n) is 10.9. The number of ether oxygens (including phenoxy) is 2. The molecule has 0 amide bonds. The summed E-state index contributed by atoms with van der Waals surface area (Å²) in [7, 11) is 0. The second-order valence-electron chi connectivity index (χ2n) is 5.24. The first kappa shape index (κ1) is 13.7. The van der Waals surface area contributed by atoms with Crippen LogP contribution in [0, 0.1) is 5.92 Å². The van der Waals surface area contributed by atoms with Gasteiger partial charge in [0, 0.05) is 19.0 Å². The maximum atomic E-state index is 10.3. The van der Waals surface area contributed by atoms with Crippen molar-refractivity contribution in [3.05, 3.63) is 0 Å². The summed E-state index contributed by atoms with van der Waals surface area (Å²) in [5.41, 5.74) is 0.0560. The van der Waals surface area contributed by atoms with E-state index in [1.165, 1.54) is 5.75 Å². The lowest BCUT2D eigenvalue weighted by atomic mass is 9.81. The third-order valence-electron chi connectivity index (χ3n) is 3.99. The predicted octanol–water partition coefficient (Wildman–Crippen LogP) is 2.07. The van der Waals surface area contributed by atoms with E-state index < -0.39 is 0 Å². The Bertz CT molecular complexity index is 241. The van der Waals surface area contributed by atoms with Gasteiger partial charge in [0.05, 0.1) is 17.8 Å². The number of hydrogen-bond acceptors (Lipinski definition) is 4. The molecule has 0 aromatic rings. The van der Waals surface area contributed by atoms with Gasteiger partial charge in [-0.2, -0.15) is 11.8 Å². The summed E-state index contributed by atoms with van der Waals surface area (Å²) < 4.78 is 11.5. The van der Waals surface area contributed by atoms with Crippen LogP contribution in [0.1, 0.15) is 33.1 Å². The largest absolute Gasteiger partial charge is 0.390 e. The molecule has 0 aromatic heterocycles. The van der Waals surface area contributed by atoms with Crippen LogP contribution in [-0.2, 0) is 9.47 Å². The van der Waals surface area contributed by atoms with Crippen molar-refractivity contribution in [3.8, 4) is 0 Å². The molecule has 100 valence electrons. The summed E-state index contributed by atoms with van der Waals surface area (Å²) in [5.74, 6) is 2.63. The van der Waals surface area contributed by atoms with Gasteiger partial charge in [0.15, 0.2) is 0 Å². The van der Waals surface area contributed by atoms with E-state index in [9.17, 15) is 5.11 Å². The van der Waals surface area contributed by atoms with E-state index in [1.54, 1.807) is 0 Å². The zero-order valence-corrected chi connectivity index (χ0v) is 11.7. The number of thioether (sulfide) groups is 1. The van der Waals surface area contributed by atoms with Gasteiger partial charge in [0.25, 0.3) is 0 Å². The lowest BCUT2D eigenvalue weighted by Gasteiger charge is -2.40. The monoisotopic (exact) mass is 260 g/mol. The van der Waals surface area contributed by atoms with E-state index in [4.69, 9.17) is 9.47 Å². The second kappa shape index (κ2) is 5.91. The van der Waals surface area contributed by atoms with Crippen LogP contribution in [0.3, 0.4) is 0 Å². The Hall–Kier alpha value is 0.230. The molecule has 2 aliphatic heterocycles. The smallest absolute Gasteiger partial charge is 0.0829 e. The summed E-state index contributed by atoms with van der Waals surface area (Å²) >= 11 is 1.97. The van der Waals surface area contributed by atoms with Crippen molar-refractivity contribution in [2.45, 2.75) is 50.9 Å². The van der Waals surface area contributed by atoms with Crippen LogP contribution >= 0.6 is 11.8 Å². The van der Waals surface area contributed by atoms with E-state index in [0.717, 1.165) is 31.6 Å². The average molecular weight is 260 g/mol. The fourth-order valence-electron chi connectivity index (χ4n) is 2.97. The van der Waals surface area contributed by atoms with Gasteiger partial charge in [0.2, 0.25) is 0 Å². The van der Waals surface area contributed by atoms with E-state index in [1.807, 2.05) is 25.6 Å². The molecular formula is C13H24O3S. The topological polar surface area (TPSA) is 38.7 Å². The summed E-state index contributed by atoms with van der Waals surface area (Å²) in [6, 6.07) is 0. The minimum Gasteiger partial charge on any atom is -0.390 e. The van der Waals surface area contributed by atoms with Gasteiger partial charge in [-0.15, -0.1) is 0 Å². The minimum absolute atomic E-state index is 0.0560. The van der Waals surface area contributed by atoms with Gasteiger partial charge in [-0.1, -0.05) is 0 Å². The molecule has 1 spiro atoms. The molecule has 0 bridgehead atoms. The highest BCUT2D eigenvalue weighted by Gasteiger charge is 2.43. The highest BCUT2D eigenvalue weighted by molar-refractivity contribution is 7.99. The van der Waals surface area contributed by atoms with Crippen LogP contribution in [0.15, 0.2) is 0 Å². The molecule has 2 fully saturated rings. The van der Waals surface area contributed by atoms with Crippen molar-refractivity contribution in [1.82, 2.24) is 0 Å². The Kier molecular flexibility index (Phi) is 4.75. The Morgan fingerprint density at radius 1 is 1.59 bits per heavy atom. The molecule has 2 saturated heterocycles. The maximum absolute atomic E-state index is 10.3. The van der Waals surface area contributed by atoms with Gasteiger partial charge < -0.3 is 14.6 Å². The fraction of sp³-hybridized carbons (Fsp3) is 1.00. The molecule has 0 aromatic carbocycles. The zero-order chi connectivity index (χ0) is 12.3. The molecule has 4 unspecified atom stereocenters. The van der Waals surface area contributed by atoms with E-state index >= 15 is 0 Å². The van der Waals surface area contributed by atoms with Crippen molar-refractivity contribution < 1.29 is 14.6 Å².